The van der Waals surface area contributed by atoms with Gasteiger partial charge in [0.1, 0.15) is 5.82 Å². The van der Waals surface area contributed by atoms with Crippen LogP contribution < -0.4 is 4.90 Å². The van der Waals surface area contributed by atoms with E-state index < -0.39 is 0 Å². The number of aryl methyl sites for hydroxylation is 1. The molecule has 0 N–H and O–H groups in total. The van der Waals surface area contributed by atoms with E-state index >= 15 is 0 Å². The van der Waals surface area contributed by atoms with Gasteiger partial charge in [-0.3, -0.25) is 0 Å². The van der Waals surface area contributed by atoms with Crippen LogP contribution in [-0.2, 0) is 4.74 Å². The Morgan fingerprint density at radius 1 is 1.23 bits per heavy atom. The van der Waals surface area contributed by atoms with Crippen molar-refractivity contribution in [3.8, 4) is 0 Å². The van der Waals surface area contributed by atoms with E-state index in [0.717, 1.165) is 43.1 Å². The lowest BCUT2D eigenvalue weighted by Gasteiger charge is -2.40. The molecular weight excluding hydrogens is 332 g/mol. The first-order valence-corrected chi connectivity index (χ1v) is 9.29. The molecule has 2 aromatic heterocycles. The van der Waals surface area contributed by atoms with Gasteiger partial charge >= 0.3 is 6.03 Å². The number of hydrogen-bond donors (Lipinski definition) is 0. The molecule has 2 fully saturated rings. The zero-order valence-electron chi connectivity index (χ0n) is 15.5. The molecule has 0 radical (unpaired) electrons. The number of carbonyl (C=O) groups excluding carboxylic acids is 1. The zero-order chi connectivity index (χ0) is 18.1. The Labute approximate surface area is 153 Å². The Kier molecular flexibility index (Phi) is 4.67. The van der Waals surface area contributed by atoms with Crippen molar-refractivity contribution < 1.29 is 9.53 Å². The number of hydrogen-bond acceptors (Lipinski definition) is 5. The second-order valence-electron chi connectivity index (χ2n) is 7.07. The molecule has 4 heterocycles. The average Bonchev–Trinajstić information content (AvgIpc) is 3.15. The maximum atomic E-state index is 12.7. The van der Waals surface area contributed by atoms with Gasteiger partial charge in [0.15, 0.2) is 5.65 Å². The molecule has 0 spiro atoms. The van der Waals surface area contributed by atoms with Crippen molar-refractivity contribution in [1.82, 2.24) is 24.4 Å². The number of piperidine rings is 1. The Hall–Kier alpha value is -2.35. The van der Waals surface area contributed by atoms with Crippen molar-refractivity contribution in [2.75, 3.05) is 51.3 Å². The van der Waals surface area contributed by atoms with Gasteiger partial charge in [0.05, 0.1) is 19.4 Å². The van der Waals surface area contributed by atoms with Crippen LogP contribution in [0.1, 0.15) is 18.5 Å². The molecule has 140 valence electrons. The van der Waals surface area contributed by atoms with Crippen molar-refractivity contribution in [2.24, 2.45) is 0 Å². The first-order chi connectivity index (χ1) is 12.6. The summed E-state index contributed by atoms with van der Waals surface area (Å²) in [5, 5.41) is 4.41. The van der Waals surface area contributed by atoms with Crippen LogP contribution >= 0.6 is 0 Å². The minimum Gasteiger partial charge on any atom is -0.378 e. The summed E-state index contributed by atoms with van der Waals surface area (Å²) in [4.78, 5) is 23.4. The van der Waals surface area contributed by atoms with Gasteiger partial charge in [0.25, 0.3) is 0 Å². The molecule has 0 saturated carbocycles. The molecule has 0 aromatic carbocycles. The third-order valence-electron chi connectivity index (χ3n) is 5.39. The number of carbonyl (C=O) groups is 1. The maximum Gasteiger partial charge on any atom is 0.320 e. The summed E-state index contributed by atoms with van der Waals surface area (Å²) in [5.74, 6) is 1.08. The second kappa shape index (κ2) is 7.11. The molecule has 2 amide bonds. The van der Waals surface area contributed by atoms with E-state index in [2.05, 4.69) is 21.0 Å². The molecule has 2 aliphatic rings. The molecule has 0 atom stereocenters. The standard InChI is InChI=1S/C18H26N6O2/c1-14-13-17(24-16(20-14)3-6-19-24)22-7-4-15(5-8-22)21(2)18(25)23-9-11-26-12-10-23/h3,6,13,15H,4-5,7-12H2,1-2H3. The van der Waals surface area contributed by atoms with Gasteiger partial charge in [-0.25, -0.2) is 9.78 Å². The number of rotatable bonds is 2. The first-order valence-electron chi connectivity index (χ1n) is 9.29. The summed E-state index contributed by atoms with van der Waals surface area (Å²) in [6.07, 6.45) is 3.69. The smallest absolute Gasteiger partial charge is 0.320 e. The molecule has 2 aromatic rings. The Morgan fingerprint density at radius 3 is 2.69 bits per heavy atom. The summed E-state index contributed by atoms with van der Waals surface area (Å²) < 4.78 is 7.24. The van der Waals surface area contributed by atoms with Gasteiger partial charge in [0.2, 0.25) is 0 Å². The number of morpholine rings is 1. The van der Waals surface area contributed by atoms with E-state index in [4.69, 9.17) is 4.74 Å². The van der Waals surface area contributed by atoms with Gasteiger partial charge in [-0.15, -0.1) is 0 Å². The number of fused-ring (bicyclic) bond motifs is 1. The molecule has 8 nitrogen and oxygen atoms in total. The maximum absolute atomic E-state index is 12.7. The van der Waals surface area contributed by atoms with Crippen LogP contribution in [0, 0.1) is 6.92 Å². The van der Waals surface area contributed by atoms with Crippen molar-refractivity contribution in [1.29, 1.82) is 0 Å². The predicted molar refractivity (Wildman–Crippen MR) is 98.5 cm³/mol. The lowest BCUT2D eigenvalue weighted by Crippen LogP contribution is -2.52. The second-order valence-corrected chi connectivity index (χ2v) is 7.07. The van der Waals surface area contributed by atoms with Crippen LogP contribution in [0.2, 0.25) is 0 Å². The molecular formula is C18H26N6O2. The molecule has 4 rings (SSSR count). The molecule has 2 aliphatic heterocycles. The summed E-state index contributed by atoms with van der Waals surface area (Å²) in [5.41, 5.74) is 1.87. The number of ether oxygens (including phenoxy) is 1. The SMILES string of the molecule is Cc1cc(N2CCC(N(C)C(=O)N3CCOCC3)CC2)n2nccc2n1. The molecule has 8 heteroatoms. The highest BCUT2D eigenvalue weighted by Crippen LogP contribution is 2.24. The quantitative estimate of drug-likeness (QED) is 0.812. The normalized spacial score (nSPS) is 19.2. The minimum atomic E-state index is 0.126. The molecule has 0 aliphatic carbocycles. The number of amides is 2. The highest BCUT2D eigenvalue weighted by molar-refractivity contribution is 5.74. The Bertz CT molecular complexity index is 777. The predicted octanol–water partition coefficient (Wildman–Crippen LogP) is 1.39. The third-order valence-corrected chi connectivity index (χ3v) is 5.39. The van der Waals surface area contributed by atoms with Crippen LogP contribution in [0.3, 0.4) is 0 Å². The van der Waals surface area contributed by atoms with Crippen LogP contribution in [-0.4, -0.2) is 82.9 Å². The summed E-state index contributed by atoms with van der Waals surface area (Å²) in [6.45, 7) is 6.48. The van der Waals surface area contributed by atoms with Gasteiger partial charge in [-0.2, -0.15) is 9.61 Å². The lowest BCUT2D eigenvalue weighted by atomic mass is 10.0. The number of urea groups is 1. The van der Waals surface area contributed by atoms with Crippen LogP contribution in [0.4, 0.5) is 10.6 Å². The fourth-order valence-corrected chi connectivity index (χ4v) is 3.86. The van der Waals surface area contributed by atoms with Gasteiger partial charge in [-0.05, 0) is 19.8 Å². The number of anilines is 1. The molecule has 0 unspecified atom stereocenters. The van der Waals surface area contributed by atoms with Crippen LogP contribution in [0.15, 0.2) is 18.3 Å². The highest BCUT2D eigenvalue weighted by atomic mass is 16.5. The molecule has 26 heavy (non-hydrogen) atoms. The first kappa shape index (κ1) is 17.1. The average molecular weight is 358 g/mol. The van der Waals surface area contributed by atoms with E-state index in [1.54, 1.807) is 6.20 Å². The molecule has 0 bridgehead atoms. The van der Waals surface area contributed by atoms with Crippen molar-refractivity contribution in [2.45, 2.75) is 25.8 Å². The Morgan fingerprint density at radius 2 is 1.96 bits per heavy atom. The highest BCUT2D eigenvalue weighted by Gasteiger charge is 2.29. The van der Waals surface area contributed by atoms with E-state index in [-0.39, 0.29) is 12.1 Å². The summed E-state index contributed by atoms with van der Waals surface area (Å²) in [6, 6.07) is 4.42. The number of nitrogens with zero attached hydrogens (tertiary/aromatic N) is 6. The monoisotopic (exact) mass is 358 g/mol. The van der Waals surface area contributed by atoms with Crippen LogP contribution in [0.25, 0.3) is 5.65 Å². The van der Waals surface area contributed by atoms with Crippen molar-refractivity contribution >= 4 is 17.5 Å². The van der Waals surface area contributed by atoms with E-state index in [0.29, 0.717) is 26.3 Å². The third kappa shape index (κ3) is 3.21. The fourth-order valence-electron chi connectivity index (χ4n) is 3.86. The lowest BCUT2D eigenvalue weighted by molar-refractivity contribution is 0.0409. The van der Waals surface area contributed by atoms with E-state index in [9.17, 15) is 4.79 Å². The van der Waals surface area contributed by atoms with Gasteiger partial charge in [0, 0.05) is 57.1 Å². The largest absolute Gasteiger partial charge is 0.378 e. The van der Waals surface area contributed by atoms with Crippen molar-refractivity contribution in [3.05, 3.63) is 24.0 Å². The summed E-state index contributed by atoms with van der Waals surface area (Å²) >= 11 is 0. The number of aromatic nitrogens is 3. The van der Waals surface area contributed by atoms with Crippen molar-refractivity contribution in [3.63, 3.8) is 0 Å². The minimum absolute atomic E-state index is 0.126. The van der Waals surface area contributed by atoms with E-state index in [1.807, 2.05) is 34.4 Å². The zero-order valence-corrected chi connectivity index (χ0v) is 15.5. The Balaban J connectivity index is 1.42. The fraction of sp³-hybridized carbons (Fsp3) is 0.611. The van der Waals surface area contributed by atoms with Gasteiger partial charge < -0.3 is 19.4 Å². The van der Waals surface area contributed by atoms with Crippen LogP contribution in [0.5, 0.6) is 0 Å². The van der Waals surface area contributed by atoms with Gasteiger partial charge in [-0.1, -0.05) is 0 Å². The topological polar surface area (TPSA) is 66.2 Å². The molecule has 2 saturated heterocycles. The summed E-state index contributed by atoms with van der Waals surface area (Å²) in [7, 11) is 1.93. The van der Waals surface area contributed by atoms with E-state index in [1.165, 1.54) is 0 Å².